The number of amidine groups is 1. The van der Waals surface area contributed by atoms with E-state index in [1.54, 1.807) is 14.1 Å². The van der Waals surface area contributed by atoms with Crippen LogP contribution in [0.3, 0.4) is 0 Å². The summed E-state index contributed by atoms with van der Waals surface area (Å²) >= 11 is 1.50. The van der Waals surface area contributed by atoms with Crippen molar-refractivity contribution in [3.63, 3.8) is 0 Å². The van der Waals surface area contributed by atoms with Crippen LogP contribution in [0.2, 0.25) is 0 Å². The molecule has 0 aliphatic heterocycles. The van der Waals surface area contributed by atoms with Gasteiger partial charge in [-0.05, 0) is 33.6 Å². The first-order valence-electron chi connectivity index (χ1n) is 7.73. The van der Waals surface area contributed by atoms with Gasteiger partial charge in [0.05, 0.1) is 0 Å². The van der Waals surface area contributed by atoms with Crippen LogP contribution in [0.4, 0.5) is 9.59 Å². The van der Waals surface area contributed by atoms with Crippen LogP contribution >= 0.6 is 11.8 Å². The lowest BCUT2D eigenvalue weighted by atomic mass is 10.0. The number of hydrogen-bond donors (Lipinski definition) is 2. The molecule has 126 valence electrons. The van der Waals surface area contributed by atoms with Gasteiger partial charge < -0.3 is 10.2 Å². The summed E-state index contributed by atoms with van der Waals surface area (Å²) in [5.74, 6) is 0. The highest BCUT2D eigenvalue weighted by molar-refractivity contribution is 8.14. The van der Waals surface area contributed by atoms with Gasteiger partial charge in [0.25, 0.3) is 0 Å². The molecule has 0 aromatic heterocycles. The number of rotatable bonds is 1. The van der Waals surface area contributed by atoms with Crippen LogP contribution in [0.1, 0.15) is 52.9 Å². The van der Waals surface area contributed by atoms with Gasteiger partial charge in [-0.2, -0.15) is 4.99 Å². The highest BCUT2D eigenvalue weighted by Gasteiger charge is 2.21. The normalized spacial score (nSPS) is 17.0. The van der Waals surface area contributed by atoms with Crippen molar-refractivity contribution in [1.29, 1.82) is 0 Å². The SMILES string of the molecule is CN(C)C(=O)N=C(NC(=O)NC(C)(C)C)SC1CCCCC1. The third-order valence-electron chi connectivity index (χ3n) is 3.12. The van der Waals surface area contributed by atoms with E-state index in [0.29, 0.717) is 10.4 Å². The quantitative estimate of drug-likeness (QED) is 0.573. The van der Waals surface area contributed by atoms with Gasteiger partial charge in [-0.25, -0.2) is 9.59 Å². The predicted octanol–water partition coefficient (Wildman–Crippen LogP) is 3.19. The Balaban J connectivity index is 2.72. The summed E-state index contributed by atoms with van der Waals surface area (Å²) in [6, 6.07) is -0.699. The second kappa shape index (κ2) is 8.41. The number of amides is 4. The maximum atomic E-state index is 12.0. The van der Waals surface area contributed by atoms with Crippen LogP contribution in [-0.4, -0.2) is 47.0 Å². The topological polar surface area (TPSA) is 73.8 Å². The number of hydrogen-bond acceptors (Lipinski definition) is 3. The molecule has 7 heteroatoms. The van der Waals surface area contributed by atoms with Crippen molar-refractivity contribution in [2.75, 3.05) is 14.1 Å². The number of carbonyl (C=O) groups is 2. The van der Waals surface area contributed by atoms with Crippen molar-refractivity contribution >= 4 is 29.0 Å². The van der Waals surface area contributed by atoms with E-state index in [2.05, 4.69) is 15.6 Å². The molecule has 1 aliphatic rings. The second-order valence-electron chi connectivity index (χ2n) is 6.80. The van der Waals surface area contributed by atoms with Gasteiger partial charge in [-0.1, -0.05) is 31.0 Å². The van der Waals surface area contributed by atoms with E-state index in [1.807, 2.05) is 20.8 Å². The summed E-state index contributed by atoms with van der Waals surface area (Å²) in [6.07, 6.45) is 5.85. The van der Waals surface area contributed by atoms with Gasteiger partial charge in [-0.3, -0.25) is 5.32 Å². The minimum Gasteiger partial charge on any atom is -0.333 e. The Morgan fingerprint density at radius 3 is 2.23 bits per heavy atom. The van der Waals surface area contributed by atoms with Crippen molar-refractivity contribution in [1.82, 2.24) is 15.5 Å². The summed E-state index contributed by atoms with van der Waals surface area (Å²) in [5, 5.41) is 6.34. The van der Waals surface area contributed by atoms with E-state index in [0.717, 1.165) is 12.8 Å². The number of nitrogens with one attached hydrogen (secondary N) is 2. The standard InChI is InChI=1S/C15H28N4O2S/c1-15(2,3)18-12(20)16-13(17-14(21)19(4)5)22-11-9-7-6-8-10-11/h11H,6-10H2,1-5H3,(H2,16,17,18,20,21). The minimum absolute atomic E-state index is 0.332. The molecule has 0 aromatic rings. The smallest absolute Gasteiger partial charge is 0.333 e. The van der Waals surface area contributed by atoms with Crippen molar-refractivity contribution in [2.24, 2.45) is 4.99 Å². The fourth-order valence-corrected chi connectivity index (χ4v) is 3.25. The van der Waals surface area contributed by atoms with E-state index in [4.69, 9.17) is 0 Å². The van der Waals surface area contributed by atoms with Gasteiger partial charge in [-0.15, -0.1) is 0 Å². The van der Waals surface area contributed by atoms with Crippen LogP contribution in [-0.2, 0) is 0 Å². The minimum atomic E-state index is -0.366. The molecule has 0 bridgehead atoms. The Bertz CT molecular complexity index is 424. The van der Waals surface area contributed by atoms with E-state index in [1.165, 1.54) is 35.9 Å². The highest BCUT2D eigenvalue weighted by Crippen LogP contribution is 2.28. The molecular formula is C15H28N4O2S. The number of urea groups is 2. The fourth-order valence-electron chi connectivity index (χ4n) is 2.08. The Hall–Kier alpha value is -1.24. The molecule has 0 unspecified atom stereocenters. The second-order valence-corrected chi connectivity index (χ2v) is 8.09. The van der Waals surface area contributed by atoms with Crippen molar-refractivity contribution in [2.45, 2.75) is 63.7 Å². The largest absolute Gasteiger partial charge is 0.345 e. The summed E-state index contributed by atoms with van der Waals surface area (Å²) in [5.41, 5.74) is -0.337. The monoisotopic (exact) mass is 328 g/mol. The Kier molecular flexibility index (Phi) is 7.19. The molecular weight excluding hydrogens is 300 g/mol. The van der Waals surface area contributed by atoms with Gasteiger partial charge >= 0.3 is 12.1 Å². The average molecular weight is 328 g/mol. The Labute approximate surface area is 137 Å². The number of carbonyl (C=O) groups excluding carboxylic acids is 2. The third-order valence-corrected chi connectivity index (χ3v) is 4.34. The lowest BCUT2D eigenvalue weighted by Gasteiger charge is -2.24. The number of thioether (sulfide) groups is 1. The summed E-state index contributed by atoms with van der Waals surface area (Å²) < 4.78 is 0. The lowest BCUT2D eigenvalue weighted by molar-refractivity contribution is 0.227. The van der Waals surface area contributed by atoms with Crippen LogP contribution in [0.15, 0.2) is 4.99 Å². The maximum absolute atomic E-state index is 12.0. The van der Waals surface area contributed by atoms with Crippen LogP contribution < -0.4 is 10.6 Å². The molecule has 1 rings (SSSR count). The van der Waals surface area contributed by atoms with Crippen molar-refractivity contribution in [3.8, 4) is 0 Å². The van der Waals surface area contributed by atoms with Crippen LogP contribution in [0, 0.1) is 0 Å². The van der Waals surface area contributed by atoms with Gasteiger partial charge in [0.2, 0.25) is 0 Å². The van der Waals surface area contributed by atoms with Crippen molar-refractivity contribution in [3.05, 3.63) is 0 Å². The number of nitrogens with zero attached hydrogens (tertiary/aromatic N) is 2. The van der Waals surface area contributed by atoms with Crippen LogP contribution in [0.5, 0.6) is 0 Å². The molecule has 22 heavy (non-hydrogen) atoms. The molecule has 1 fully saturated rings. The lowest BCUT2D eigenvalue weighted by Crippen LogP contribution is -2.48. The summed E-state index contributed by atoms with van der Waals surface area (Å²) in [7, 11) is 3.29. The molecule has 0 atom stereocenters. The van der Waals surface area contributed by atoms with Crippen LogP contribution in [0.25, 0.3) is 0 Å². The molecule has 0 heterocycles. The molecule has 6 nitrogen and oxygen atoms in total. The zero-order valence-electron chi connectivity index (χ0n) is 14.2. The van der Waals surface area contributed by atoms with E-state index in [-0.39, 0.29) is 17.6 Å². The molecule has 2 N–H and O–H groups in total. The van der Waals surface area contributed by atoms with Gasteiger partial charge in [0.15, 0.2) is 5.17 Å². The first-order chi connectivity index (χ1) is 10.2. The van der Waals surface area contributed by atoms with Crippen molar-refractivity contribution < 1.29 is 9.59 Å². The molecule has 1 saturated carbocycles. The average Bonchev–Trinajstić information content (AvgIpc) is 2.37. The Morgan fingerprint density at radius 1 is 1.14 bits per heavy atom. The summed E-state index contributed by atoms with van der Waals surface area (Å²) in [4.78, 5) is 29.3. The van der Waals surface area contributed by atoms with E-state index in [9.17, 15) is 9.59 Å². The van der Waals surface area contributed by atoms with E-state index < -0.39 is 0 Å². The molecule has 4 amide bonds. The summed E-state index contributed by atoms with van der Waals surface area (Å²) in [6.45, 7) is 5.72. The highest BCUT2D eigenvalue weighted by atomic mass is 32.2. The Morgan fingerprint density at radius 2 is 1.73 bits per heavy atom. The molecule has 0 spiro atoms. The fraction of sp³-hybridized carbons (Fsp3) is 0.800. The zero-order chi connectivity index (χ0) is 16.8. The van der Waals surface area contributed by atoms with E-state index >= 15 is 0 Å². The molecule has 0 aromatic carbocycles. The van der Waals surface area contributed by atoms with Gasteiger partial charge in [0.1, 0.15) is 0 Å². The maximum Gasteiger partial charge on any atom is 0.345 e. The zero-order valence-corrected chi connectivity index (χ0v) is 15.0. The number of aliphatic imine (C=N–C) groups is 1. The third kappa shape index (κ3) is 7.68. The molecule has 0 radical (unpaired) electrons. The first-order valence-corrected chi connectivity index (χ1v) is 8.61. The van der Waals surface area contributed by atoms with Gasteiger partial charge in [0, 0.05) is 24.9 Å². The predicted molar refractivity (Wildman–Crippen MR) is 92.4 cm³/mol. The molecule has 1 aliphatic carbocycles. The first kappa shape index (κ1) is 18.8. The molecule has 0 saturated heterocycles.